The van der Waals surface area contributed by atoms with Crippen LogP contribution in [0.15, 0.2) is 48.5 Å². The predicted molar refractivity (Wildman–Crippen MR) is 112 cm³/mol. The molecule has 4 nitrogen and oxygen atoms in total. The van der Waals surface area contributed by atoms with E-state index >= 15 is 0 Å². The zero-order valence-corrected chi connectivity index (χ0v) is 16.5. The summed E-state index contributed by atoms with van der Waals surface area (Å²) in [5, 5.41) is 3.15. The molecule has 4 rings (SSSR count). The minimum Gasteiger partial charge on any atom is -0.379 e. The molecule has 1 aliphatic carbocycles. The van der Waals surface area contributed by atoms with Crippen molar-refractivity contribution in [2.24, 2.45) is 0 Å². The van der Waals surface area contributed by atoms with Gasteiger partial charge in [0.2, 0.25) is 5.91 Å². The molecule has 0 spiro atoms. The molecule has 148 valence electrons. The first-order valence-electron chi connectivity index (χ1n) is 10.5. The van der Waals surface area contributed by atoms with Gasteiger partial charge in [-0.05, 0) is 48.1 Å². The summed E-state index contributed by atoms with van der Waals surface area (Å²) < 4.78 is 5.38. The maximum atomic E-state index is 12.7. The van der Waals surface area contributed by atoms with Gasteiger partial charge in [0.05, 0.1) is 13.2 Å². The maximum Gasteiger partial charge on any atom is 0.220 e. The fraction of sp³-hybridized carbons (Fsp3) is 0.458. The Morgan fingerprint density at radius 1 is 0.964 bits per heavy atom. The van der Waals surface area contributed by atoms with Crippen LogP contribution in [-0.4, -0.2) is 50.2 Å². The average Bonchev–Trinajstić information content (AvgIpc) is 2.90. The van der Waals surface area contributed by atoms with Crippen molar-refractivity contribution < 1.29 is 9.53 Å². The lowest BCUT2D eigenvalue weighted by atomic mass is 9.85. The summed E-state index contributed by atoms with van der Waals surface area (Å²) in [6, 6.07) is 17.2. The summed E-state index contributed by atoms with van der Waals surface area (Å²) in [6.07, 6.45) is 3.60. The molecule has 2 aromatic rings. The van der Waals surface area contributed by atoms with E-state index in [4.69, 9.17) is 4.74 Å². The van der Waals surface area contributed by atoms with Gasteiger partial charge in [-0.15, -0.1) is 0 Å². The third-order valence-corrected chi connectivity index (χ3v) is 5.99. The number of aryl methyl sites for hydroxylation is 2. The standard InChI is InChI=1S/C24H30N2O2/c27-24(25-12-5-13-26-14-16-28-17-15-26)18-23-21-8-3-1-6-19(21)10-11-20-7-2-4-9-22(20)23/h1-4,6-9,23H,5,10-18H2,(H,25,27). The van der Waals surface area contributed by atoms with Gasteiger partial charge in [0.25, 0.3) is 0 Å². The Morgan fingerprint density at radius 3 is 2.21 bits per heavy atom. The minimum absolute atomic E-state index is 0.147. The normalized spacial score (nSPS) is 17.4. The fourth-order valence-corrected chi connectivity index (χ4v) is 4.47. The molecular weight excluding hydrogens is 348 g/mol. The van der Waals surface area contributed by atoms with Crippen LogP contribution in [0.3, 0.4) is 0 Å². The number of fused-ring (bicyclic) bond motifs is 2. The number of morpholine rings is 1. The van der Waals surface area contributed by atoms with E-state index in [1.54, 1.807) is 0 Å². The molecule has 1 heterocycles. The molecule has 1 N–H and O–H groups in total. The number of carbonyl (C=O) groups is 1. The third-order valence-electron chi connectivity index (χ3n) is 5.99. The molecule has 2 aromatic carbocycles. The van der Waals surface area contributed by atoms with Crippen LogP contribution in [0.25, 0.3) is 0 Å². The van der Waals surface area contributed by atoms with Crippen molar-refractivity contribution in [1.29, 1.82) is 0 Å². The van der Waals surface area contributed by atoms with E-state index in [1.807, 2.05) is 0 Å². The minimum atomic E-state index is 0.147. The van der Waals surface area contributed by atoms with Crippen molar-refractivity contribution in [3.63, 3.8) is 0 Å². The number of amides is 1. The first-order chi connectivity index (χ1) is 13.8. The zero-order valence-electron chi connectivity index (χ0n) is 16.5. The molecule has 28 heavy (non-hydrogen) atoms. The SMILES string of the molecule is O=C(CC1c2ccccc2CCc2ccccc21)NCCCN1CCOCC1. The lowest BCUT2D eigenvalue weighted by Gasteiger charge is -2.26. The first kappa shape index (κ1) is 19.2. The van der Waals surface area contributed by atoms with Crippen molar-refractivity contribution in [2.75, 3.05) is 39.4 Å². The predicted octanol–water partition coefficient (Wildman–Crippen LogP) is 3.15. The van der Waals surface area contributed by atoms with Gasteiger partial charge in [0, 0.05) is 32.0 Å². The van der Waals surface area contributed by atoms with Crippen LogP contribution in [0, 0.1) is 0 Å². The molecule has 0 aromatic heterocycles. The molecule has 0 atom stereocenters. The summed E-state index contributed by atoms with van der Waals surface area (Å²) in [4.78, 5) is 15.2. The van der Waals surface area contributed by atoms with Gasteiger partial charge in [0.15, 0.2) is 0 Å². The molecule has 0 saturated carbocycles. The topological polar surface area (TPSA) is 41.6 Å². The molecular formula is C24H30N2O2. The number of nitrogens with one attached hydrogen (secondary N) is 1. The first-order valence-corrected chi connectivity index (χ1v) is 10.5. The summed E-state index contributed by atoms with van der Waals surface area (Å²) in [6.45, 7) is 5.43. The number of carbonyl (C=O) groups excluding carboxylic acids is 1. The molecule has 1 saturated heterocycles. The van der Waals surface area contributed by atoms with Crippen LogP contribution in [0.1, 0.15) is 41.0 Å². The summed E-state index contributed by atoms with van der Waals surface area (Å²) in [5.41, 5.74) is 5.39. The Bertz CT molecular complexity index is 751. The van der Waals surface area contributed by atoms with E-state index in [9.17, 15) is 4.79 Å². The molecule has 4 heteroatoms. The lowest BCUT2D eigenvalue weighted by Crippen LogP contribution is -2.38. The van der Waals surface area contributed by atoms with Crippen LogP contribution in [0.4, 0.5) is 0 Å². The highest BCUT2D eigenvalue weighted by atomic mass is 16.5. The number of rotatable bonds is 6. The Balaban J connectivity index is 1.38. The Hall–Kier alpha value is -2.17. The van der Waals surface area contributed by atoms with Crippen molar-refractivity contribution in [1.82, 2.24) is 10.2 Å². The van der Waals surface area contributed by atoms with E-state index in [0.717, 1.165) is 58.7 Å². The van der Waals surface area contributed by atoms with Gasteiger partial charge in [-0.3, -0.25) is 9.69 Å². The third kappa shape index (κ3) is 4.62. The summed E-state index contributed by atoms with van der Waals surface area (Å²) >= 11 is 0. The highest BCUT2D eigenvalue weighted by Gasteiger charge is 2.25. The highest BCUT2D eigenvalue weighted by Crippen LogP contribution is 2.36. The number of hydrogen-bond acceptors (Lipinski definition) is 3. The maximum absolute atomic E-state index is 12.7. The second kappa shape index (κ2) is 9.35. The average molecular weight is 379 g/mol. The lowest BCUT2D eigenvalue weighted by molar-refractivity contribution is -0.121. The van der Waals surface area contributed by atoms with Crippen molar-refractivity contribution in [2.45, 2.75) is 31.6 Å². The van der Waals surface area contributed by atoms with Gasteiger partial charge in [-0.1, -0.05) is 48.5 Å². The van der Waals surface area contributed by atoms with Crippen LogP contribution in [0.5, 0.6) is 0 Å². The van der Waals surface area contributed by atoms with Crippen molar-refractivity contribution in [3.05, 3.63) is 70.8 Å². The smallest absolute Gasteiger partial charge is 0.220 e. The Kier molecular flexibility index (Phi) is 6.40. The fourth-order valence-electron chi connectivity index (χ4n) is 4.47. The van der Waals surface area contributed by atoms with E-state index in [2.05, 4.69) is 58.7 Å². The number of nitrogens with zero attached hydrogens (tertiary/aromatic N) is 1. The molecule has 0 bridgehead atoms. The number of hydrogen-bond donors (Lipinski definition) is 1. The van der Waals surface area contributed by atoms with Gasteiger partial charge in [-0.2, -0.15) is 0 Å². The second-order valence-electron chi connectivity index (χ2n) is 7.81. The van der Waals surface area contributed by atoms with Gasteiger partial charge in [-0.25, -0.2) is 0 Å². The Labute approximate surface area is 167 Å². The summed E-state index contributed by atoms with van der Waals surface area (Å²) in [5.74, 6) is 0.299. The van der Waals surface area contributed by atoms with Gasteiger partial charge >= 0.3 is 0 Å². The second-order valence-corrected chi connectivity index (χ2v) is 7.81. The van der Waals surface area contributed by atoms with Gasteiger partial charge < -0.3 is 10.1 Å². The van der Waals surface area contributed by atoms with E-state index < -0.39 is 0 Å². The molecule has 1 amide bonds. The number of ether oxygens (including phenoxy) is 1. The van der Waals surface area contributed by atoms with E-state index in [1.165, 1.54) is 22.3 Å². The van der Waals surface area contributed by atoms with E-state index in [-0.39, 0.29) is 11.8 Å². The zero-order chi connectivity index (χ0) is 19.2. The van der Waals surface area contributed by atoms with Gasteiger partial charge in [0.1, 0.15) is 0 Å². The van der Waals surface area contributed by atoms with Crippen LogP contribution in [-0.2, 0) is 22.4 Å². The molecule has 0 unspecified atom stereocenters. The number of benzene rings is 2. The monoisotopic (exact) mass is 378 g/mol. The van der Waals surface area contributed by atoms with Crippen LogP contribution in [0.2, 0.25) is 0 Å². The van der Waals surface area contributed by atoms with Crippen molar-refractivity contribution >= 4 is 5.91 Å². The Morgan fingerprint density at radius 2 is 1.57 bits per heavy atom. The summed E-state index contributed by atoms with van der Waals surface area (Å²) in [7, 11) is 0. The molecule has 0 radical (unpaired) electrons. The van der Waals surface area contributed by atoms with Crippen LogP contribution >= 0.6 is 0 Å². The quantitative estimate of drug-likeness (QED) is 0.785. The molecule has 2 aliphatic rings. The van der Waals surface area contributed by atoms with E-state index in [0.29, 0.717) is 6.42 Å². The molecule has 1 fully saturated rings. The van der Waals surface area contributed by atoms with Crippen LogP contribution < -0.4 is 5.32 Å². The largest absolute Gasteiger partial charge is 0.379 e. The van der Waals surface area contributed by atoms with Crippen molar-refractivity contribution in [3.8, 4) is 0 Å². The molecule has 1 aliphatic heterocycles. The highest BCUT2D eigenvalue weighted by molar-refractivity contribution is 5.77.